The molecule has 1 heterocycles. The van der Waals surface area contributed by atoms with Gasteiger partial charge >= 0.3 is 0 Å². The number of ether oxygens (including phenoxy) is 1. The molecule has 0 unspecified atom stereocenters. The van der Waals surface area contributed by atoms with Gasteiger partial charge in [0.05, 0.1) is 56.1 Å². The van der Waals surface area contributed by atoms with Crippen molar-refractivity contribution >= 4 is 39.3 Å². The Kier molecular flexibility index (Phi) is 11.9. The second-order valence-electron chi connectivity index (χ2n) is 12.0. The van der Waals surface area contributed by atoms with Crippen molar-refractivity contribution in [3.05, 3.63) is 100 Å². The number of hydrogen-bond donors (Lipinski definition) is 2. The van der Waals surface area contributed by atoms with E-state index in [1.807, 2.05) is 40.1 Å². The van der Waals surface area contributed by atoms with Crippen LogP contribution in [0.1, 0.15) is 37.1 Å². The Morgan fingerprint density at radius 2 is 1.73 bits per heavy atom. The number of nitrogens with one attached hydrogen (secondary N) is 1. The molecule has 48 heavy (non-hydrogen) atoms. The summed E-state index contributed by atoms with van der Waals surface area (Å²) in [4.78, 5) is 16.7. The van der Waals surface area contributed by atoms with E-state index in [2.05, 4.69) is 4.98 Å². The maximum atomic E-state index is 15.5. The van der Waals surface area contributed by atoms with Gasteiger partial charge in [-0.15, -0.1) is 0 Å². The van der Waals surface area contributed by atoms with Crippen LogP contribution in [0.25, 0.3) is 5.69 Å². The van der Waals surface area contributed by atoms with Crippen LogP contribution in [0.2, 0.25) is 5.02 Å². The van der Waals surface area contributed by atoms with Gasteiger partial charge in [0.2, 0.25) is 15.9 Å². The molecule has 3 N–H and O–H groups in total. The van der Waals surface area contributed by atoms with Gasteiger partial charge in [-0.3, -0.25) is 9.36 Å². The van der Waals surface area contributed by atoms with Crippen LogP contribution in [0.4, 0.5) is 13.2 Å². The number of benzene rings is 3. The smallest absolute Gasteiger partial charge is 0.243 e. The number of thioether (sulfide) groups is 1. The van der Waals surface area contributed by atoms with E-state index in [1.54, 1.807) is 29.0 Å². The Morgan fingerprint density at radius 3 is 2.31 bits per heavy atom. The molecule has 0 saturated heterocycles. The van der Waals surface area contributed by atoms with Gasteiger partial charge in [0.25, 0.3) is 0 Å². The third-order valence-electron chi connectivity index (χ3n) is 7.84. The van der Waals surface area contributed by atoms with Crippen LogP contribution in [0.15, 0.2) is 70.8 Å². The molecule has 0 aliphatic rings. The molecule has 1 amide bonds. The molecule has 9 nitrogen and oxygen atoms in total. The molecule has 0 aliphatic carbocycles. The zero-order valence-corrected chi connectivity index (χ0v) is 29.6. The summed E-state index contributed by atoms with van der Waals surface area (Å²) in [5.41, 5.74) is 6.31. The van der Waals surface area contributed by atoms with Gasteiger partial charge in [-0.2, -0.15) is 4.31 Å². The average Bonchev–Trinajstić information content (AvgIpc) is 3.45. The van der Waals surface area contributed by atoms with Gasteiger partial charge in [0.1, 0.15) is 23.2 Å². The van der Waals surface area contributed by atoms with Crippen LogP contribution in [0.5, 0.6) is 5.75 Å². The number of sulfonamides is 1. The first kappa shape index (κ1) is 37.3. The number of rotatable bonds is 15. The molecule has 1 aromatic heterocycles. The summed E-state index contributed by atoms with van der Waals surface area (Å²) in [6, 6.07) is 12.6. The predicted octanol–water partition coefficient (Wildman–Crippen LogP) is 4.58. The molecular weight excluding hydrogens is 687 g/mol. The van der Waals surface area contributed by atoms with E-state index >= 15 is 8.78 Å². The minimum Gasteiger partial charge on any atom is -0.495 e. The Bertz CT molecular complexity index is 1860. The lowest BCUT2D eigenvalue weighted by atomic mass is 9.81. The third-order valence-corrected chi connectivity index (χ3v) is 11.0. The first-order chi connectivity index (χ1) is 22.6. The number of hydrogen-bond acceptors (Lipinski definition) is 6. The summed E-state index contributed by atoms with van der Waals surface area (Å²) < 4.78 is 79.6. The highest BCUT2D eigenvalue weighted by Crippen LogP contribution is 2.39. The zero-order chi connectivity index (χ0) is 35.4. The maximum absolute atomic E-state index is 15.5. The van der Waals surface area contributed by atoms with Gasteiger partial charge in [-0.25, -0.2) is 26.6 Å². The first-order valence-corrected chi connectivity index (χ1v) is 17.7. The Hall–Kier alpha value is -3.56. The Labute approximate surface area is 287 Å². The fourth-order valence-electron chi connectivity index (χ4n) is 5.13. The quantitative estimate of drug-likeness (QED) is 0.174. The fraction of sp³-hybridized carbons (Fsp3) is 0.333. The number of nitrogens with zero attached hydrogens (tertiary/aromatic N) is 3. The third kappa shape index (κ3) is 8.35. The summed E-state index contributed by atoms with van der Waals surface area (Å²) in [7, 11) is 0.846. The van der Waals surface area contributed by atoms with Crippen LogP contribution in [-0.2, 0) is 26.0 Å². The molecule has 0 spiro atoms. The second-order valence-corrected chi connectivity index (χ2v) is 15.3. The summed E-state index contributed by atoms with van der Waals surface area (Å²) >= 11 is 7.29. The number of halogens is 4. The van der Waals surface area contributed by atoms with Gasteiger partial charge in [0, 0.05) is 35.4 Å². The van der Waals surface area contributed by atoms with Crippen molar-refractivity contribution in [3.63, 3.8) is 0 Å². The highest BCUT2D eigenvalue weighted by Gasteiger charge is 2.31. The van der Waals surface area contributed by atoms with Gasteiger partial charge in [-0.05, 0) is 54.1 Å². The van der Waals surface area contributed by atoms with Crippen LogP contribution in [-0.4, -0.2) is 69.0 Å². The number of amides is 1. The van der Waals surface area contributed by atoms with E-state index in [1.165, 1.54) is 19.2 Å². The largest absolute Gasteiger partial charge is 0.495 e. The van der Waals surface area contributed by atoms with Crippen molar-refractivity contribution in [2.45, 2.75) is 41.5 Å². The molecular formula is C33H38ClF3N5O4S2+. The van der Waals surface area contributed by atoms with E-state index in [9.17, 15) is 17.6 Å². The molecule has 3 aromatic carbocycles. The summed E-state index contributed by atoms with van der Waals surface area (Å²) in [6.45, 7) is 3.85. The molecule has 15 heteroatoms. The van der Waals surface area contributed by atoms with Crippen molar-refractivity contribution < 1.29 is 36.0 Å². The standard InChI is InChI=1S/C33H37ClF3N5O4S2/c1-33(2,21-7-12-26(34)29(15-21)46-5)30-18-39-32(42(30)23-10-8-22(35)9-11-23)47-20-25-27(36)16-24(17-28(25)37)48(44,45)41(19-31(38)43)14-6-13-40(3)4/h7-12,15-18H,6,13-14,19-20H2,1-5H3,(H2,38,43)/p+1. The fourth-order valence-corrected chi connectivity index (χ4v) is 7.81. The van der Waals surface area contributed by atoms with E-state index in [4.69, 9.17) is 22.1 Å². The van der Waals surface area contributed by atoms with Crippen molar-refractivity contribution in [3.8, 4) is 11.4 Å². The van der Waals surface area contributed by atoms with Crippen molar-refractivity contribution in [2.75, 3.05) is 40.8 Å². The van der Waals surface area contributed by atoms with Crippen LogP contribution in [0.3, 0.4) is 0 Å². The first-order valence-electron chi connectivity index (χ1n) is 14.9. The van der Waals surface area contributed by atoms with Gasteiger partial charge < -0.3 is 15.4 Å². The van der Waals surface area contributed by atoms with Crippen molar-refractivity contribution in [2.24, 2.45) is 5.73 Å². The van der Waals surface area contributed by atoms with Crippen LogP contribution >= 0.6 is 23.4 Å². The SMILES string of the molecule is COc1cc(C(C)(C)c2cnc(SCc3c(F)cc(S(=O)(=O)N(CCC[NH+](C)C)CC(N)=O)cc3F)n2-c2ccc(F)cc2)ccc1Cl. The van der Waals surface area contributed by atoms with E-state index in [0.717, 1.165) is 38.7 Å². The number of primary amides is 1. The molecule has 258 valence electrons. The molecule has 0 fully saturated rings. The Balaban J connectivity index is 1.69. The number of carbonyl (C=O) groups is 1. The predicted molar refractivity (Wildman–Crippen MR) is 180 cm³/mol. The van der Waals surface area contributed by atoms with Crippen molar-refractivity contribution in [1.29, 1.82) is 0 Å². The Morgan fingerprint density at radius 1 is 1.08 bits per heavy atom. The van der Waals surface area contributed by atoms with E-state index < -0.39 is 50.2 Å². The lowest BCUT2D eigenvalue weighted by molar-refractivity contribution is -0.858. The van der Waals surface area contributed by atoms with E-state index in [-0.39, 0.29) is 17.9 Å². The molecule has 4 aromatic rings. The summed E-state index contributed by atoms with van der Waals surface area (Å²) in [5.74, 6) is -3.25. The summed E-state index contributed by atoms with van der Waals surface area (Å²) in [6.07, 6.45) is 2.04. The molecule has 0 atom stereocenters. The monoisotopic (exact) mass is 724 g/mol. The number of nitrogens with two attached hydrogens (primary N) is 1. The molecule has 0 aliphatic heterocycles. The van der Waals surface area contributed by atoms with Gasteiger partial charge in [0.15, 0.2) is 5.16 Å². The molecule has 0 bridgehead atoms. The molecule has 4 rings (SSSR count). The van der Waals surface area contributed by atoms with E-state index in [0.29, 0.717) is 40.3 Å². The van der Waals surface area contributed by atoms with Gasteiger partial charge in [-0.1, -0.05) is 43.3 Å². The number of quaternary nitrogens is 1. The number of aromatic nitrogens is 2. The minimum absolute atomic E-state index is 0.0508. The van der Waals surface area contributed by atoms with Crippen molar-refractivity contribution in [1.82, 2.24) is 13.9 Å². The average molecular weight is 725 g/mol. The normalized spacial score (nSPS) is 12.2. The minimum atomic E-state index is -4.44. The maximum Gasteiger partial charge on any atom is 0.243 e. The second kappa shape index (κ2) is 15.3. The topological polar surface area (TPSA) is 112 Å². The number of imidazole rings is 1. The van der Waals surface area contributed by atoms with Crippen LogP contribution in [0, 0.1) is 17.5 Å². The summed E-state index contributed by atoms with van der Waals surface area (Å²) in [5, 5.41) is 0.797. The highest BCUT2D eigenvalue weighted by atomic mass is 35.5. The lowest BCUT2D eigenvalue weighted by Crippen LogP contribution is -3.05. The molecule has 0 saturated carbocycles. The number of methoxy groups -OCH3 is 1. The lowest BCUT2D eigenvalue weighted by Gasteiger charge is -2.28. The highest BCUT2D eigenvalue weighted by molar-refractivity contribution is 7.98. The zero-order valence-electron chi connectivity index (χ0n) is 27.2. The number of carbonyl (C=O) groups excluding carboxylic acids is 1. The molecule has 0 radical (unpaired) electrons. The van der Waals surface area contributed by atoms with Crippen LogP contribution < -0.4 is 15.4 Å².